The lowest BCUT2D eigenvalue weighted by Gasteiger charge is -2.18. The molecule has 1 aliphatic rings. The van der Waals surface area contributed by atoms with E-state index in [0.29, 0.717) is 5.82 Å². The molecule has 3 aromatic rings. The summed E-state index contributed by atoms with van der Waals surface area (Å²) in [5.74, 6) is 0.410. The van der Waals surface area contributed by atoms with E-state index in [1.54, 1.807) is 6.20 Å². The van der Waals surface area contributed by atoms with Crippen LogP contribution in [0.25, 0.3) is 0 Å². The Morgan fingerprint density at radius 2 is 1.68 bits per heavy atom. The largest absolute Gasteiger partial charge is 0.372 e. The molecule has 0 aliphatic carbocycles. The maximum absolute atomic E-state index is 12.5. The molecule has 1 fully saturated rings. The molecule has 0 saturated carbocycles. The Balaban J connectivity index is 1.41. The Hall–Kier alpha value is -3.41. The van der Waals surface area contributed by atoms with Crippen LogP contribution in [-0.4, -0.2) is 36.0 Å². The van der Waals surface area contributed by atoms with Crippen molar-refractivity contribution in [2.24, 2.45) is 0 Å². The second-order valence-electron chi connectivity index (χ2n) is 6.85. The van der Waals surface area contributed by atoms with Crippen molar-refractivity contribution in [1.82, 2.24) is 9.97 Å². The maximum atomic E-state index is 12.5. The van der Waals surface area contributed by atoms with Crippen LogP contribution in [0.2, 0.25) is 0 Å². The lowest BCUT2D eigenvalue weighted by Crippen LogP contribution is -2.18. The lowest BCUT2D eigenvalue weighted by molar-refractivity contribution is 0.102. The number of para-hydroxylation sites is 1. The molecule has 142 valence electrons. The monoisotopic (exact) mass is 373 g/mol. The molecule has 4 rings (SSSR count). The Kier molecular flexibility index (Phi) is 5.19. The Morgan fingerprint density at radius 1 is 0.964 bits per heavy atom. The van der Waals surface area contributed by atoms with Crippen LogP contribution in [-0.2, 0) is 0 Å². The van der Waals surface area contributed by atoms with Crippen LogP contribution in [0, 0.1) is 0 Å². The van der Waals surface area contributed by atoms with E-state index in [4.69, 9.17) is 0 Å². The van der Waals surface area contributed by atoms with Gasteiger partial charge >= 0.3 is 0 Å². The van der Waals surface area contributed by atoms with Gasteiger partial charge in [0, 0.05) is 37.2 Å². The minimum Gasteiger partial charge on any atom is -0.372 e. The molecule has 0 atom stereocenters. The first kappa shape index (κ1) is 18.0. The van der Waals surface area contributed by atoms with Gasteiger partial charge in [0.1, 0.15) is 5.69 Å². The van der Waals surface area contributed by atoms with Gasteiger partial charge in [0.15, 0.2) is 5.82 Å². The molecular formula is C22H23N5O. The van der Waals surface area contributed by atoms with Crippen molar-refractivity contribution in [2.75, 3.05) is 35.3 Å². The smallest absolute Gasteiger partial charge is 0.275 e. The molecule has 2 aromatic carbocycles. The van der Waals surface area contributed by atoms with Gasteiger partial charge in [0.2, 0.25) is 0 Å². The second kappa shape index (κ2) is 8.08. The summed E-state index contributed by atoms with van der Waals surface area (Å²) in [6.07, 6.45) is 5.60. The number of benzene rings is 2. The van der Waals surface area contributed by atoms with Gasteiger partial charge in [-0.3, -0.25) is 4.79 Å². The van der Waals surface area contributed by atoms with Gasteiger partial charge in [-0.25, -0.2) is 9.97 Å². The predicted octanol–water partition coefficient (Wildman–Crippen LogP) is 4.10. The molecular weight excluding hydrogens is 350 g/mol. The first-order valence-corrected chi connectivity index (χ1v) is 9.48. The van der Waals surface area contributed by atoms with Gasteiger partial charge in [-0.05, 0) is 49.2 Å². The number of anilines is 4. The van der Waals surface area contributed by atoms with E-state index in [2.05, 4.69) is 20.2 Å². The van der Waals surface area contributed by atoms with Gasteiger partial charge in [-0.2, -0.15) is 0 Å². The number of rotatable bonds is 5. The van der Waals surface area contributed by atoms with E-state index in [1.807, 2.05) is 66.5 Å². The molecule has 1 aromatic heterocycles. The summed E-state index contributed by atoms with van der Waals surface area (Å²) in [7, 11) is 1.92. The van der Waals surface area contributed by atoms with Crippen LogP contribution < -0.4 is 15.1 Å². The van der Waals surface area contributed by atoms with E-state index in [0.717, 1.165) is 24.5 Å². The summed E-state index contributed by atoms with van der Waals surface area (Å²) in [5, 5.41) is 2.88. The number of nitrogens with one attached hydrogen (secondary N) is 1. The number of nitrogens with zero attached hydrogens (tertiary/aromatic N) is 4. The zero-order chi connectivity index (χ0) is 19.3. The molecule has 1 amide bonds. The van der Waals surface area contributed by atoms with Crippen LogP contribution in [0.1, 0.15) is 23.3 Å². The molecule has 0 unspecified atom stereocenters. The lowest BCUT2D eigenvalue weighted by atomic mass is 10.2. The number of aromatic nitrogens is 2. The molecule has 0 bridgehead atoms. The summed E-state index contributed by atoms with van der Waals surface area (Å²) < 4.78 is 0. The number of hydrogen-bond donors (Lipinski definition) is 1. The van der Waals surface area contributed by atoms with Gasteiger partial charge in [0.25, 0.3) is 5.91 Å². The summed E-state index contributed by atoms with van der Waals surface area (Å²) >= 11 is 0. The fourth-order valence-corrected chi connectivity index (χ4v) is 3.32. The Morgan fingerprint density at radius 3 is 2.32 bits per heavy atom. The third kappa shape index (κ3) is 3.96. The average Bonchev–Trinajstić information content (AvgIpc) is 3.29. The van der Waals surface area contributed by atoms with Crippen molar-refractivity contribution < 1.29 is 4.79 Å². The van der Waals surface area contributed by atoms with E-state index in [9.17, 15) is 4.79 Å². The van der Waals surface area contributed by atoms with Crippen LogP contribution >= 0.6 is 0 Å². The Bertz CT molecular complexity index is 919. The predicted molar refractivity (Wildman–Crippen MR) is 112 cm³/mol. The third-order valence-corrected chi connectivity index (χ3v) is 4.95. The van der Waals surface area contributed by atoms with Crippen molar-refractivity contribution in [1.29, 1.82) is 0 Å². The van der Waals surface area contributed by atoms with Crippen LogP contribution in [0.3, 0.4) is 0 Å². The van der Waals surface area contributed by atoms with Gasteiger partial charge in [-0.1, -0.05) is 18.2 Å². The second-order valence-corrected chi connectivity index (χ2v) is 6.85. The standard InChI is InChI=1S/C22H23N5O/c1-26(18-7-3-2-4-8-18)21-16-23-20(15-24-21)22(28)25-17-9-11-19(12-10-17)27-13-5-6-14-27/h2-4,7-12,15-16H,5-6,13-14H2,1H3,(H,25,28). The minimum absolute atomic E-state index is 0.268. The molecule has 28 heavy (non-hydrogen) atoms. The highest BCUT2D eigenvalue weighted by atomic mass is 16.1. The maximum Gasteiger partial charge on any atom is 0.275 e. The summed E-state index contributed by atoms with van der Waals surface area (Å²) in [5.41, 5.74) is 3.24. The molecule has 0 spiro atoms. The number of carbonyl (C=O) groups excluding carboxylic acids is 1. The van der Waals surface area contributed by atoms with E-state index in [-0.39, 0.29) is 11.6 Å². The molecule has 0 radical (unpaired) electrons. The summed E-state index contributed by atoms with van der Waals surface area (Å²) in [6.45, 7) is 2.20. The quantitative estimate of drug-likeness (QED) is 0.730. The molecule has 6 heteroatoms. The summed E-state index contributed by atoms with van der Waals surface area (Å²) in [4.78, 5) is 25.4. The van der Waals surface area contributed by atoms with Crippen LogP contribution in [0.5, 0.6) is 0 Å². The van der Waals surface area contributed by atoms with E-state index in [1.165, 1.54) is 24.7 Å². The highest BCUT2D eigenvalue weighted by Crippen LogP contribution is 2.23. The van der Waals surface area contributed by atoms with Crippen molar-refractivity contribution in [3.05, 3.63) is 72.7 Å². The minimum atomic E-state index is -0.268. The molecule has 6 nitrogen and oxygen atoms in total. The molecule has 1 saturated heterocycles. The third-order valence-electron chi connectivity index (χ3n) is 4.95. The number of amides is 1. The topological polar surface area (TPSA) is 61.4 Å². The number of hydrogen-bond acceptors (Lipinski definition) is 5. The van der Waals surface area contributed by atoms with E-state index >= 15 is 0 Å². The average molecular weight is 373 g/mol. The zero-order valence-corrected chi connectivity index (χ0v) is 15.9. The van der Waals surface area contributed by atoms with Crippen molar-refractivity contribution >= 4 is 28.8 Å². The molecule has 2 heterocycles. The molecule has 1 aliphatic heterocycles. The van der Waals surface area contributed by atoms with Gasteiger partial charge in [0.05, 0.1) is 12.4 Å². The first-order valence-electron chi connectivity index (χ1n) is 9.48. The SMILES string of the molecule is CN(c1ccccc1)c1cnc(C(=O)Nc2ccc(N3CCCC3)cc2)cn1. The molecule has 1 N–H and O–H groups in total. The highest BCUT2D eigenvalue weighted by molar-refractivity contribution is 6.02. The van der Waals surface area contributed by atoms with Crippen molar-refractivity contribution in [3.8, 4) is 0 Å². The van der Waals surface area contributed by atoms with Crippen molar-refractivity contribution in [2.45, 2.75) is 12.8 Å². The van der Waals surface area contributed by atoms with Gasteiger partial charge < -0.3 is 15.1 Å². The first-order chi connectivity index (χ1) is 13.7. The number of carbonyl (C=O) groups is 1. The fourth-order valence-electron chi connectivity index (χ4n) is 3.32. The highest BCUT2D eigenvalue weighted by Gasteiger charge is 2.13. The Labute approximate surface area is 164 Å². The van der Waals surface area contributed by atoms with Crippen molar-refractivity contribution in [3.63, 3.8) is 0 Å². The van der Waals surface area contributed by atoms with Crippen LogP contribution in [0.4, 0.5) is 22.9 Å². The fraction of sp³-hybridized carbons (Fsp3) is 0.227. The van der Waals surface area contributed by atoms with Gasteiger partial charge in [-0.15, -0.1) is 0 Å². The van der Waals surface area contributed by atoms with E-state index < -0.39 is 0 Å². The zero-order valence-electron chi connectivity index (χ0n) is 15.9. The normalized spacial score (nSPS) is 13.4. The summed E-state index contributed by atoms with van der Waals surface area (Å²) in [6, 6.07) is 17.8. The van der Waals surface area contributed by atoms with Crippen LogP contribution in [0.15, 0.2) is 67.0 Å².